The largest absolute Gasteiger partial charge is 0.327 e. The van der Waals surface area contributed by atoms with Crippen molar-refractivity contribution in [2.75, 3.05) is 10.6 Å². The van der Waals surface area contributed by atoms with E-state index in [4.69, 9.17) is 11.5 Å². The van der Waals surface area contributed by atoms with Crippen LogP contribution < -0.4 is 22.1 Å². The minimum absolute atomic E-state index is 0.167. The predicted molar refractivity (Wildman–Crippen MR) is 126 cm³/mol. The summed E-state index contributed by atoms with van der Waals surface area (Å²) in [7, 11) is 0. The standard InChI is InChI=1S/C25H30N4O2/c1-17(2-15-24(30)28-22-11-3-18(16-26)4-12-22)25(31)29-23-13-7-20(8-14-23)19-5-9-21(27)10-6-19/h3-5,7-8,11-14,21H,1-2,6,9-10,15-16,26-27H2,(H,28,30)(H,29,31). The number of amides is 2. The highest BCUT2D eigenvalue weighted by Gasteiger charge is 2.13. The summed E-state index contributed by atoms with van der Waals surface area (Å²) < 4.78 is 0. The second-order valence-electron chi connectivity index (χ2n) is 7.85. The van der Waals surface area contributed by atoms with Crippen molar-refractivity contribution in [1.82, 2.24) is 0 Å². The Hall–Kier alpha value is -3.22. The van der Waals surface area contributed by atoms with Crippen molar-refractivity contribution >= 4 is 28.8 Å². The molecule has 6 N–H and O–H groups in total. The van der Waals surface area contributed by atoms with E-state index in [1.165, 1.54) is 5.57 Å². The van der Waals surface area contributed by atoms with Gasteiger partial charge in [-0.2, -0.15) is 0 Å². The predicted octanol–water partition coefficient (Wildman–Crippen LogP) is 3.95. The van der Waals surface area contributed by atoms with E-state index in [0.717, 1.165) is 30.4 Å². The van der Waals surface area contributed by atoms with Gasteiger partial charge in [0.25, 0.3) is 5.91 Å². The summed E-state index contributed by atoms with van der Waals surface area (Å²) in [5, 5.41) is 5.66. The number of allylic oxidation sites excluding steroid dienone is 1. The fourth-order valence-electron chi connectivity index (χ4n) is 3.43. The van der Waals surface area contributed by atoms with E-state index in [9.17, 15) is 9.59 Å². The molecule has 2 aromatic carbocycles. The zero-order valence-electron chi connectivity index (χ0n) is 17.7. The van der Waals surface area contributed by atoms with Gasteiger partial charge in [-0.3, -0.25) is 9.59 Å². The lowest BCUT2D eigenvalue weighted by molar-refractivity contribution is -0.116. The number of hydrogen-bond acceptors (Lipinski definition) is 4. The third-order valence-electron chi connectivity index (χ3n) is 5.41. The Balaban J connectivity index is 1.45. The molecule has 0 heterocycles. The van der Waals surface area contributed by atoms with Gasteiger partial charge in [-0.25, -0.2) is 0 Å². The fraction of sp³-hybridized carbons (Fsp3) is 0.280. The number of nitrogens with one attached hydrogen (secondary N) is 2. The SMILES string of the molecule is C=C(CCC(=O)Nc1ccc(CN)cc1)C(=O)Nc1ccc(C2=CCC(N)CC2)cc1. The van der Waals surface area contributed by atoms with Crippen LogP contribution in [0.3, 0.4) is 0 Å². The van der Waals surface area contributed by atoms with Gasteiger partial charge in [-0.05, 0) is 66.6 Å². The van der Waals surface area contributed by atoms with Gasteiger partial charge < -0.3 is 22.1 Å². The van der Waals surface area contributed by atoms with E-state index in [1.54, 1.807) is 0 Å². The minimum atomic E-state index is -0.282. The van der Waals surface area contributed by atoms with Crippen molar-refractivity contribution in [3.63, 3.8) is 0 Å². The minimum Gasteiger partial charge on any atom is -0.327 e. The Morgan fingerprint density at radius 3 is 2.23 bits per heavy atom. The number of carbonyl (C=O) groups excluding carboxylic acids is 2. The highest BCUT2D eigenvalue weighted by Crippen LogP contribution is 2.27. The second kappa shape index (κ2) is 10.7. The first-order valence-electron chi connectivity index (χ1n) is 10.6. The maximum Gasteiger partial charge on any atom is 0.250 e. The molecule has 6 nitrogen and oxygen atoms in total. The van der Waals surface area contributed by atoms with Crippen molar-refractivity contribution in [3.8, 4) is 0 Å². The molecule has 31 heavy (non-hydrogen) atoms. The van der Waals surface area contributed by atoms with Gasteiger partial charge in [0, 0.05) is 36.0 Å². The quantitative estimate of drug-likeness (QED) is 0.486. The van der Waals surface area contributed by atoms with Crippen LogP contribution in [0, 0.1) is 0 Å². The highest BCUT2D eigenvalue weighted by atomic mass is 16.2. The van der Waals surface area contributed by atoms with Crippen molar-refractivity contribution in [2.45, 2.75) is 44.7 Å². The van der Waals surface area contributed by atoms with Crippen molar-refractivity contribution in [2.24, 2.45) is 11.5 Å². The summed E-state index contributed by atoms with van der Waals surface area (Å²) in [6.45, 7) is 4.28. The average molecular weight is 419 g/mol. The molecule has 1 aliphatic rings. The first-order valence-corrected chi connectivity index (χ1v) is 10.6. The average Bonchev–Trinajstić information content (AvgIpc) is 2.79. The normalized spacial score (nSPS) is 15.7. The molecule has 1 unspecified atom stereocenters. The fourth-order valence-corrected chi connectivity index (χ4v) is 3.43. The van der Waals surface area contributed by atoms with E-state index in [1.807, 2.05) is 48.5 Å². The van der Waals surface area contributed by atoms with Crippen LogP contribution in [-0.2, 0) is 16.1 Å². The van der Waals surface area contributed by atoms with Crippen molar-refractivity contribution in [1.29, 1.82) is 0 Å². The first-order chi connectivity index (χ1) is 14.9. The van der Waals surface area contributed by atoms with Crippen LogP contribution in [-0.4, -0.2) is 17.9 Å². The smallest absolute Gasteiger partial charge is 0.250 e. The molecule has 0 bridgehead atoms. The van der Waals surface area contributed by atoms with E-state index in [0.29, 0.717) is 23.5 Å². The molecule has 0 fully saturated rings. The summed E-state index contributed by atoms with van der Waals surface area (Å²) >= 11 is 0. The number of benzene rings is 2. The Kier molecular flexibility index (Phi) is 7.76. The number of anilines is 2. The molecule has 1 aliphatic carbocycles. The number of hydrogen-bond donors (Lipinski definition) is 4. The van der Waals surface area contributed by atoms with Crippen LogP contribution >= 0.6 is 0 Å². The molecular formula is C25H30N4O2. The van der Waals surface area contributed by atoms with Gasteiger partial charge in [0.1, 0.15) is 0 Å². The summed E-state index contributed by atoms with van der Waals surface area (Å²) in [6, 6.07) is 15.4. The molecule has 0 saturated heterocycles. The maximum absolute atomic E-state index is 12.4. The Morgan fingerprint density at radius 2 is 1.61 bits per heavy atom. The maximum atomic E-state index is 12.4. The van der Waals surface area contributed by atoms with Gasteiger partial charge >= 0.3 is 0 Å². The lowest BCUT2D eigenvalue weighted by Gasteiger charge is -2.18. The Bertz CT molecular complexity index is 962. The highest BCUT2D eigenvalue weighted by molar-refractivity contribution is 6.04. The van der Waals surface area contributed by atoms with Crippen LogP contribution in [0.5, 0.6) is 0 Å². The topological polar surface area (TPSA) is 110 Å². The summed E-state index contributed by atoms with van der Waals surface area (Å²) in [5.74, 6) is -0.449. The molecule has 3 rings (SSSR count). The van der Waals surface area contributed by atoms with Gasteiger partial charge in [0.05, 0.1) is 0 Å². The van der Waals surface area contributed by atoms with Crippen LogP contribution in [0.4, 0.5) is 11.4 Å². The van der Waals surface area contributed by atoms with E-state index < -0.39 is 0 Å². The third-order valence-corrected chi connectivity index (χ3v) is 5.41. The molecule has 0 saturated carbocycles. The lowest BCUT2D eigenvalue weighted by Crippen LogP contribution is -2.21. The van der Waals surface area contributed by atoms with Gasteiger partial charge in [0.15, 0.2) is 0 Å². The number of nitrogens with two attached hydrogens (primary N) is 2. The summed E-state index contributed by atoms with van der Waals surface area (Å²) in [5.41, 5.74) is 16.7. The zero-order valence-corrected chi connectivity index (χ0v) is 17.7. The van der Waals surface area contributed by atoms with E-state index in [2.05, 4.69) is 23.3 Å². The van der Waals surface area contributed by atoms with Crippen molar-refractivity contribution < 1.29 is 9.59 Å². The molecule has 0 spiro atoms. The molecule has 0 aromatic heterocycles. The molecule has 2 amide bonds. The zero-order chi connectivity index (χ0) is 22.2. The van der Waals surface area contributed by atoms with E-state index >= 15 is 0 Å². The van der Waals surface area contributed by atoms with Crippen LogP contribution in [0.15, 0.2) is 66.8 Å². The molecule has 6 heteroatoms. The molecule has 2 aromatic rings. The summed E-state index contributed by atoms with van der Waals surface area (Å²) in [6.07, 6.45) is 5.53. The number of carbonyl (C=O) groups is 2. The second-order valence-corrected chi connectivity index (χ2v) is 7.85. The molecule has 162 valence electrons. The Morgan fingerprint density at radius 1 is 0.968 bits per heavy atom. The Labute approximate surface area is 183 Å². The van der Waals surface area contributed by atoms with Crippen molar-refractivity contribution in [3.05, 3.63) is 77.9 Å². The van der Waals surface area contributed by atoms with E-state index in [-0.39, 0.29) is 30.7 Å². The molecule has 0 radical (unpaired) electrons. The summed E-state index contributed by atoms with van der Waals surface area (Å²) in [4.78, 5) is 24.5. The van der Waals surface area contributed by atoms with Gasteiger partial charge in [-0.1, -0.05) is 36.9 Å². The van der Waals surface area contributed by atoms with Crippen LogP contribution in [0.1, 0.15) is 43.2 Å². The van der Waals surface area contributed by atoms with Gasteiger partial charge in [-0.15, -0.1) is 0 Å². The first kappa shape index (κ1) is 22.5. The number of rotatable bonds is 8. The monoisotopic (exact) mass is 418 g/mol. The molecule has 0 aliphatic heterocycles. The van der Waals surface area contributed by atoms with Crippen LogP contribution in [0.25, 0.3) is 5.57 Å². The molecule has 1 atom stereocenters. The molecular weight excluding hydrogens is 388 g/mol. The van der Waals surface area contributed by atoms with Crippen LogP contribution in [0.2, 0.25) is 0 Å². The lowest BCUT2D eigenvalue weighted by atomic mass is 9.91. The third kappa shape index (κ3) is 6.64. The van der Waals surface area contributed by atoms with Gasteiger partial charge in [0.2, 0.25) is 5.91 Å².